The number of hydrogen-bond acceptors (Lipinski definition) is 5. The standard InChI is InChI=1S/C18H21NO6.C2H6/c1-3-5-14-12(2)6-4-7-13(14)8-18(24)25-10-16(21)15(19-11-20)9-17(22)23;1-2/h3-7,11,15H,8-10H2,1-2H3,(H,19,20)(H,22,23);1-2H3/b5-3-;. The molecular weight excluding hydrogens is 350 g/mol. The first-order valence-electron chi connectivity index (χ1n) is 8.70. The van der Waals surface area contributed by atoms with Crippen molar-refractivity contribution in [3.8, 4) is 0 Å². The lowest BCUT2D eigenvalue weighted by molar-refractivity contribution is -0.148. The van der Waals surface area contributed by atoms with Crippen molar-refractivity contribution in [2.75, 3.05) is 6.61 Å². The maximum atomic E-state index is 12.0. The number of ether oxygens (including phenoxy) is 1. The SMILES string of the molecule is C/C=C\c1c(C)cccc1CC(=O)OCC(=O)C(CC(=O)O)NC=O.CC. The minimum Gasteiger partial charge on any atom is -0.481 e. The summed E-state index contributed by atoms with van der Waals surface area (Å²) in [6.07, 6.45) is 3.41. The van der Waals surface area contributed by atoms with Gasteiger partial charge in [0.2, 0.25) is 6.41 Å². The normalized spacial score (nSPS) is 11.1. The van der Waals surface area contributed by atoms with E-state index >= 15 is 0 Å². The van der Waals surface area contributed by atoms with Gasteiger partial charge in [0.05, 0.1) is 12.8 Å². The third-order valence-electron chi connectivity index (χ3n) is 3.49. The average molecular weight is 377 g/mol. The largest absolute Gasteiger partial charge is 0.481 e. The van der Waals surface area contributed by atoms with Crippen molar-refractivity contribution in [1.82, 2.24) is 5.32 Å². The van der Waals surface area contributed by atoms with Crippen LogP contribution >= 0.6 is 0 Å². The lowest BCUT2D eigenvalue weighted by Gasteiger charge is -2.13. The van der Waals surface area contributed by atoms with E-state index in [0.717, 1.165) is 16.7 Å². The highest BCUT2D eigenvalue weighted by molar-refractivity contribution is 5.91. The van der Waals surface area contributed by atoms with E-state index in [1.165, 1.54) is 0 Å². The summed E-state index contributed by atoms with van der Waals surface area (Å²) in [5.74, 6) is -2.53. The highest BCUT2D eigenvalue weighted by atomic mass is 16.5. The fourth-order valence-corrected chi connectivity index (χ4v) is 2.28. The minimum absolute atomic E-state index is 0.0145. The van der Waals surface area contributed by atoms with Crippen LogP contribution in [0.2, 0.25) is 0 Å². The van der Waals surface area contributed by atoms with E-state index in [1.54, 1.807) is 6.07 Å². The van der Waals surface area contributed by atoms with Crippen molar-refractivity contribution in [3.63, 3.8) is 0 Å². The maximum absolute atomic E-state index is 12.0. The second-order valence-corrected chi connectivity index (χ2v) is 5.39. The number of esters is 1. The van der Waals surface area contributed by atoms with Crippen LogP contribution in [-0.2, 0) is 30.3 Å². The Bertz CT molecular complexity index is 681. The van der Waals surface area contributed by atoms with Crippen molar-refractivity contribution in [3.05, 3.63) is 41.0 Å². The summed E-state index contributed by atoms with van der Waals surface area (Å²) in [6, 6.07) is 4.33. The minimum atomic E-state index is -1.24. The Morgan fingerprint density at radius 1 is 1.26 bits per heavy atom. The van der Waals surface area contributed by atoms with Crippen LogP contribution in [0.25, 0.3) is 6.08 Å². The molecule has 0 aliphatic rings. The third kappa shape index (κ3) is 8.80. The van der Waals surface area contributed by atoms with Crippen molar-refractivity contribution in [2.45, 2.75) is 46.6 Å². The second kappa shape index (κ2) is 13.3. The summed E-state index contributed by atoms with van der Waals surface area (Å²) < 4.78 is 4.93. The molecule has 7 heteroatoms. The van der Waals surface area contributed by atoms with E-state index in [-0.39, 0.29) is 12.8 Å². The van der Waals surface area contributed by atoms with Gasteiger partial charge in [0.25, 0.3) is 0 Å². The number of amides is 1. The van der Waals surface area contributed by atoms with Crippen LogP contribution in [0.15, 0.2) is 24.3 Å². The van der Waals surface area contributed by atoms with Gasteiger partial charge in [-0.05, 0) is 30.5 Å². The molecule has 1 aromatic rings. The molecule has 0 heterocycles. The molecule has 1 aromatic carbocycles. The van der Waals surface area contributed by atoms with Gasteiger partial charge in [-0.1, -0.05) is 44.2 Å². The van der Waals surface area contributed by atoms with Gasteiger partial charge in [-0.2, -0.15) is 0 Å². The fraction of sp³-hybridized carbons (Fsp3) is 0.400. The van der Waals surface area contributed by atoms with Gasteiger partial charge in [0.15, 0.2) is 12.4 Å². The smallest absolute Gasteiger partial charge is 0.310 e. The predicted molar refractivity (Wildman–Crippen MR) is 102 cm³/mol. The molecule has 0 aliphatic heterocycles. The monoisotopic (exact) mass is 377 g/mol. The Hall–Kier alpha value is -2.96. The number of rotatable bonds is 10. The number of carbonyl (C=O) groups excluding carboxylic acids is 3. The van der Waals surface area contributed by atoms with Gasteiger partial charge in [0.1, 0.15) is 6.04 Å². The Morgan fingerprint density at radius 3 is 2.48 bits per heavy atom. The first-order chi connectivity index (χ1) is 12.9. The number of carboxylic acids is 1. The highest BCUT2D eigenvalue weighted by Crippen LogP contribution is 2.17. The van der Waals surface area contributed by atoms with Crippen molar-refractivity contribution >= 4 is 30.2 Å². The zero-order chi connectivity index (χ0) is 20.8. The number of ketones is 1. The van der Waals surface area contributed by atoms with Crippen LogP contribution < -0.4 is 5.32 Å². The summed E-state index contributed by atoms with van der Waals surface area (Å²) >= 11 is 0. The Balaban J connectivity index is 0.00000326. The number of allylic oxidation sites excluding steroid dienone is 1. The van der Waals surface area contributed by atoms with Gasteiger partial charge >= 0.3 is 11.9 Å². The zero-order valence-corrected chi connectivity index (χ0v) is 16.2. The number of carboxylic acid groups (broad SMARTS) is 1. The number of aryl methyl sites for hydroxylation is 1. The molecule has 1 atom stereocenters. The van der Waals surface area contributed by atoms with Crippen LogP contribution in [0.1, 0.15) is 43.9 Å². The van der Waals surface area contributed by atoms with Crippen molar-refractivity contribution in [2.24, 2.45) is 0 Å². The van der Waals surface area contributed by atoms with E-state index in [0.29, 0.717) is 0 Å². The Labute approximate surface area is 159 Å². The third-order valence-corrected chi connectivity index (χ3v) is 3.49. The van der Waals surface area contributed by atoms with Crippen molar-refractivity contribution in [1.29, 1.82) is 0 Å². The van der Waals surface area contributed by atoms with Gasteiger partial charge in [-0.15, -0.1) is 0 Å². The van der Waals surface area contributed by atoms with Gasteiger partial charge < -0.3 is 15.2 Å². The number of nitrogens with one attached hydrogen (secondary N) is 1. The molecule has 0 radical (unpaired) electrons. The molecule has 1 unspecified atom stereocenters. The van der Waals surface area contributed by atoms with Crippen LogP contribution in [0.5, 0.6) is 0 Å². The predicted octanol–water partition coefficient (Wildman–Crippen LogP) is 2.30. The molecule has 1 rings (SSSR count). The first kappa shape index (κ1) is 24.0. The van der Waals surface area contributed by atoms with Crippen LogP contribution in [-0.4, -0.2) is 41.9 Å². The number of Topliss-reactive ketones (excluding diaryl/α,β-unsaturated/α-hetero) is 1. The van der Waals surface area contributed by atoms with E-state index in [9.17, 15) is 19.2 Å². The number of benzene rings is 1. The lowest BCUT2D eigenvalue weighted by Crippen LogP contribution is -2.40. The van der Waals surface area contributed by atoms with Crippen molar-refractivity contribution < 1.29 is 29.0 Å². The molecular formula is C20H27NO6. The summed E-state index contributed by atoms with van der Waals surface area (Å²) in [7, 11) is 0. The molecule has 27 heavy (non-hydrogen) atoms. The quantitative estimate of drug-likeness (QED) is 0.478. The lowest BCUT2D eigenvalue weighted by atomic mass is 9.99. The molecule has 0 saturated heterocycles. The van der Waals surface area contributed by atoms with Gasteiger partial charge in [0, 0.05) is 0 Å². The number of aliphatic carboxylic acids is 1. The van der Waals surface area contributed by atoms with Crippen LogP contribution in [0, 0.1) is 6.92 Å². The van der Waals surface area contributed by atoms with E-state index in [1.807, 2.05) is 52.0 Å². The molecule has 148 valence electrons. The maximum Gasteiger partial charge on any atom is 0.310 e. The van der Waals surface area contributed by atoms with E-state index in [2.05, 4.69) is 5.32 Å². The first-order valence-corrected chi connectivity index (χ1v) is 8.70. The summed E-state index contributed by atoms with van der Waals surface area (Å²) in [4.78, 5) is 45.0. The van der Waals surface area contributed by atoms with Crippen LogP contribution in [0.3, 0.4) is 0 Å². The molecule has 7 nitrogen and oxygen atoms in total. The molecule has 0 fully saturated rings. The van der Waals surface area contributed by atoms with E-state index < -0.39 is 36.8 Å². The number of hydrogen-bond donors (Lipinski definition) is 2. The molecule has 0 spiro atoms. The molecule has 0 aliphatic carbocycles. The molecule has 0 aromatic heterocycles. The topological polar surface area (TPSA) is 110 Å². The highest BCUT2D eigenvalue weighted by Gasteiger charge is 2.22. The van der Waals surface area contributed by atoms with Gasteiger partial charge in [-0.25, -0.2) is 0 Å². The molecule has 0 saturated carbocycles. The average Bonchev–Trinajstić information content (AvgIpc) is 2.63. The van der Waals surface area contributed by atoms with E-state index in [4.69, 9.17) is 9.84 Å². The Morgan fingerprint density at radius 2 is 1.93 bits per heavy atom. The van der Waals surface area contributed by atoms with Gasteiger partial charge in [-0.3, -0.25) is 19.2 Å². The molecule has 2 N–H and O–H groups in total. The zero-order valence-electron chi connectivity index (χ0n) is 16.2. The molecule has 0 bridgehead atoms. The number of carbonyl (C=O) groups is 4. The second-order valence-electron chi connectivity index (χ2n) is 5.39. The molecule has 1 amide bonds. The fourth-order valence-electron chi connectivity index (χ4n) is 2.28. The summed E-state index contributed by atoms with van der Waals surface area (Å²) in [6.45, 7) is 7.20. The Kier molecular flexibility index (Phi) is 11.8. The summed E-state index contributed by atoms with van der Waals surface area (Å²) in [5, 5.41) is 10.8. The summed E-state index contributed by atoms with van der Waals surface area (Å²) in [5.41, 5.74) is 2.69. The van der Waals surface area contributed by atoms with Crippen LogP contribution in [0.4, 0.5) is 0 Å².